The average molecular weight is 201 g/mol. The summed E-state index contributed by atoms with van der Waals surface area (Å²) in [6.07, 6.45) is 2.82. The fourth-order valence-corrected chi connectivity index (χ4v) is 0.867. The standard InChI is InChI=1S/C7H9ClN4O/c1-9-6(13)3-11-7-5(8)2-10-4-12-7/h2,4H,3H2,1H3,(H,9,13)(H,10,11,12). The van der Waals surface area contributed by atoms with Crippen LogP contribution in [0, 0.1) is 0 Å². The summed E-state index contributed by atoms with van der Waals surface area (Å²) in [5.41, 5.74) is 0. The van der Waals surface area contributed by atoms with E-state index in [0.29, 0.717) is 10.8 Å². The van der Waals surface area contributed by atoms with Crippen molar-refractivity contribution in [3.8, 4) is 0 Å². The average Bonchev–Trinajstić information content (AvgIpc) is 2.16. The number of likely N-dealkylation sites (N-methyl/N-ethyl adjacent to an activating group) is 1. The highest BCUT2D eigenvalue weighted by atomic mass is 35.5. The maximum absolute atomic E-state index is 10.8. The summed E-state index contributed by atoms with van der Waals surface area (Å²) in [7, 11) is 1.56. The molecule has 0 radical (unpaired) electrons. The number of carbonyl (C=O) groups excluding carboxylic acids is 1. The predicted molar refractivity (Wildman–Crippen MR) is 49.6 cm³/mol. The van der Waals surface area contributed by atoms with E-state index >= 15 is 0 Å². The van der Waals surface area contributed by atoms with Gasteiger partial charge in [0.05, 0.1) is 12.7 Å². The summed E-state index contributed by atoms with van der Waals surface area (Å²) in [5.74, 6) is 0.329. The van der Waals surface area contributed by atoms with Gasteiger partial charge in [-0.2, -0.15) is 0 Å². The number of nitrogens with zero attached hydrogens (tertiary/aromatic N) is 2. The molecule has 1 aromatic heterocycles. The smallest absolute Gasteiger partial charge is 0.239 e. The summed E-state index contributed by atoms with van der Waals surface area (Å²) < 4.78 is 0. The first-order valence-corrected chi connectivity index (χ1v) is 4.02. The summed E-state index contributed by atoms with van der Waals surface area (Å²) in [5, 5.41) is 5.63. The Hall–Kier alpha value is -1.36. The number of hydrogen-bond donors (Lipinski definition) is 2. The first-order chi connectivity index (χ1) is 6.24. The minimum atomic E-state index is -0.130. The number of rotatable bonds is 3. The maximum Gasteiger partial charge on any atom is 0.239 e. The lowest BCUT2D eigenvalue weighted by Crippen LogP contribution is -2.26. The van der Waals surface area contributed by atoms with Gasteiger partial charge in [-0.3, -0.25) is 4.79 Å². The van der Waals surface area contributed by atoms with E-state index in [-0.39, 0.29) is 12.5 Å². The molecule has 0 aliphatic rings. The number of hydrogen-bond acceptors (Lipinski definition) is 4. The first kappa shape index (κ1) is 9.73. The Kier molecular flexibility index (Phi) is 3.45. The van der Waals surface area contributed by atoms with Crippen molar-refractivity contribution in [2.24, 2.45) is 0 Å². The zero-order valence-electron chi connectivity index (χ0n) is 7.04. The fourth-order valence-electron chi connectivity index (χ4n) is 0.695. The second-order valence-electron chi connectivity index (χ2n) is 2.25. The van der Waals surface area contributed by atoms with Gasteiger partial charge in [-0.25, -0.2) is 9.97 Å². The largest absolute Gasteiger partial charge is 0.360 e. The van der Waals surface area contributed by atoms with Gasteiger partial charge >= 0.3 is 0 Å². The topological polar surface area (TPSA) is 66.9 Å². The Balaban J connectivity index is 2.54. The van der Waals surface area contributed by atoms with Gasteiger partial charge in [0.25, 0.3) is 0 Å². The SMILES string of the molecule is CNC(=O)CNc1ncncc1Cl. The van der Waals surface area contributed by atoms with Gasteiger partial charge in [0.15, 0.2) is 0 Å². The van der Waals surface area contributed by atoms with Gasteiger partial charge in [-0.15, -0.1) is 0 Å². The minimum absolute atomic E-state index is 0.130. The normalized spacial score (nSPS) is 9.38. The van der Waals surface area contributed by atoms with Crippen molar-refractivity contribution in [3.63, 3.8) is 0 Å². The first-order valence-electron chi connectivity index (χ1n) is 3.64. The molecule has 2 N–H and O–H groups in total. The molecule has 0 aliphatic carbocycles. The molecule has 70 valence electrons. The van der Waals surface area contributed by atoms with Crippen LogP contribution in [0.3, 0.4) is 0 Å². The third kappa shape index (κ3) is 2.87. The quantitative estimate of drug-likeness (QED) is 0.736. The van der Waals surface area contributed by atoms with E-state index in [2.05, 4.69) is 20.6 Å². The molecule has 1 amide bonds. The maximum atomic E-state index is 10.8. The lowest BCUT2D eigenvalue weighted by atomic mass is 10.5. The van der Waals surface area contributed by atoms with Crippen LogP contribution in [0.15, 0.2) is 12.5 Å². The molecule has 5 nitrogen and oxygen atoms in total. The van der Waals surface area contributed by atoms with Crippen molar-refractivity contribution in [2.45, 2.75) is 0 Å². The van der Waals surface area contributed by atoms with Crippen LogP contribution in [0.5, 0.6) is 0 Å². The van der Waals surface area contributed by atoms with E-state index in [1.807, 2.05) is 0 Å². The van der Waals surface area contributed by atoms with Crippen LogP contribution in [0.2, 0.25) is 5.02 Å². The molecule has 1 aromatic rings. The molecule has 0 bridgehead atoms. The molecule has 0 unspecified atom stereocenters. The molecule has 1 heterocycles. The Morgan fingerprint density at radius 1 is 1.69 bits per heavy atom. The molecule has 0 aliphatic heterocycles. The number of carbonyl (C=O) groups is 1. The van der Waals surface area contributed by atoms with Crippen LogP contribution in [0.25, 0.3) is 0 Å². The Morgan fingerprint density at radius 3 is 3.08 bits per heavy atom. The van der Waals surface area contributed by atoms with Crippen molar-refractivity contribution in [3.05, 3.63) is 17.5 Å². The third-order valence-corrected chi connectivity index (χ3v) is 1.64. The summed E-state index contributed by atoms with van der Waals surface area (Å²) >= 11 is 5.73. The second kappa shape index (κ2) is 4.61. The number of amides is 1. The molecule has 0 aromatic carbocycles. The van der Waals surface area contributed by atoms with Gasteiger partial charge < -0.3 is 10.6 Å². The fraction of sp³-hybridized carbons (Fsp3) is 0.286. The highest BCUT2D eigenvalue weighted by Crippen LogP contribution is 2.15. The van der Waals surface area contributed by atoms with Gasteiger partial charge in [0, 0.05) is 7.05 Å². The van der Waals surface area contributed by atoms with E-state index in [9.17, 15) is 4.79 Å². The number of nitrogens with one attached hydrogen (secondary N) is 2. The van der Waals surface area contributed by atoms with E-state index in [1.54, 1.807) is 7.05 Å². The van der Waals surface area contributed by atoms with E-state index in [4.69, 9.17) is 11.6 Å². The summed E-state index contributed by atoms with van der Waals surface area (Å²) in [6, 6.07) is 0. The third-order valence-electron chi connectivity index (χ3n) is 1.36. The van der Waals surface area contributed by atoms with Crippen LogP contribution < -0.4 is 10.6 Å². The van der Waals surface area contributed by atoms with Gasteiger partial charge in [-0.05, 0) is 0 Å². The van der Waals surface area contributed by atoms with Gasteiger partial charge in [0.1, 0.15) is 17.2 Å². The monoisotopic (exact) mass is 200 g/mol. The molecule has 0 atom stereocenters. The zero-order valence-corrected chi connectivity index (χ0v) is 7.80. The van der Waals surface area contributed by atoms with Crippen LogP contribution >= 0.6 is 11.6 Å². The Labute approximate surface area is 80.5 Å². The lowest BCUT2D eigenvalue weighted by Gasteiger charge is -2.04. The molecule has 0 spiro atoms. The van der Waals surface area contributed by atoms with Gasteiger partial charge in [0.2, 0.25) is 5.91 Å². The number of halogens is 1. The summed E-state index contributed by atoms with van der Waals surface area (Å²) in [6.45, 7) is 0.146. The van der Waals surface area contributed by atoms with Crippen LogP contribution in [0.4, 0.5) is 5.82 Å². The molecule has 0 fully saturated rings. The van der Waals surface area contributed by atoms with Crippen LogP contribution in [0.1, 0.15) is 0 Å². The minimum Gasteiger partial charge on any atom is -0.360 e. The summed E-state index contributed by atoms with van der Waals surface area (Å²) in [4.78, 5) is 18.4. The van der Waals surface area contributed by atoms with Crippen molar-refractivity contribution in [1.82, 2.24) is 15.3 Å². The lowest BCUT2D eigenvalue weighted by molar-refractivity contribution is -0.118. The number of aromatic nitrogens is 2. The predicted octanol–water partition coefficient (Wildman–Crippen LogP) is 0.288. The zero-order chi connectivity index (χ0) is 9.68. The van der Waals surface area contributed by atoms with Crippen molar-refractivity contribution >= 4 is 23.3 Å². The highest BCUT2D eigenvalue weighted by Gasteiger charge is 2.02. The van der Waals surface area contributed by atoms with Crippen molar-refractivity contribution in [1.29, 1.82) is 0 Å². The molecule has 6 heteroatoms. The molecular weight excluding hydrogens is 192 g/mol. The van der Waals surface area contributed by atoms with Gasteiger partial charge in [-0.1, -0.05) is 11.6 Å². The molecule has 0 saturated carbocycles. The van der Waals surface area contributed by atoms with E-state index in [1.165, 1.54) is 12.5 Å². The van der Waals surface area contributed by atoms with Crippen molar-refractivity contribution < 1.29 is 4.79 Å². The molecule has 1 rings (SSSR count). The Morgan fingerprint density at radius 2 is 2.46 bits per heavy atom. The number of anilines is 1. The molecule has 0 saturated heterocycles. The molecular formula is C7H9ClN4O. The van der Waals surface area contributed by atoms with Crippen molar-refractivity contribution in [2.75, 3.05) is 18.9 Å². The van der Waals surface area contributed by atoms with E-state index in [0.717, 1.165) is 0 Å². The highest BCUT2D eigenvalue weighted by molar-refractivity contribution is 6.32. The molecule has 13 heavy (non-hydrogen) atoms. The Bertz CT molecular complexity index is 304. The van der Waals surface area contributed by atoms with Crippen LogP contribution in [-0.4, -0.2) is 29.5 Å². The second-order valence-corrected chi connectivity index (χ2v) is 2.65. The van der Waals surface area contributed by atoms with E-state index < -0.39 is 0 Å². The van der Waals surface area contributed by atoms with Crippen LogP contribution in [-0.2, 0) is 4.79 Å².